The van der Waals surface area contributed by atoms with Crippen molar-refractivity contribution >= 4 is 45.0 Å². The molecule has 0 bridgehead atoms. The largest absolute Gasteiger partial charge is 0.462 e. The molecule has 0 aliphatic carbocycles. The van der Waals surface area contributed by atoms with Crippen LogP contribution >= 0.6 is 11.3 Å². The van der Waals surface area contributed by atoms with Crippen molar-refractivity contribution in [2.24, 2.45) is 5.92 Å². The molecule has 2 heterocycles. The van der Waals surface area contributed by atoms with Gasteiger partial charge in [0.25, 0.3) is 0 Å². The molecule has 0 saturated heterocycles. The summed E-state index contributed by atoms with van der Waals surface area (Å²) in [6, 6.07) is 7.03. The van der Waals surface area contributed by atoms with E-state index in [0.29, 0.717) is 40.0 Å². The van der Waals surface area contributed by atoms with E-state index in [9.17, 15) is 9.59 Å². The van der Waals surface area contributed by atoms with Gasteiger partial charge in [0.2, 0.25) is 0 Å². The Hall–Kier alpha value is -3.00. The van der Waals surface area contributed by atoms with Crippen LogP contribution in [0.1, 0.15) is 52.8 Å². The Bertz CT molecular complexity index is 1060. The van der Waals surface area contributed by atoms with Crippen molar-refractivity contribution in [3.63, 3.8) is 0 Å². The normalized spacial score (nSPS) is 11.0. The molecule has 0 unspecified atom stereocenters. The Kier molecular flexibility index (Phi) is 6.99. The zero-order valence-corrected chi connectivity index (χ0v) is 18.3. The van der Waals surface area contributed by atoms with E-state index in [-0.39, 0.29) is 17.9 Å². The summed E-state index contributed by atoms with van der Waals surface area (Å²) in [5.41, 5.74) is 1.92. The fourth-order valence-electron chi connectivity index (χ4n) is 2.81. The maximum atomic E-state index is 12.5. The highest BCUT2D eigenvalue weighted by Crippen LogP contribution is 2.35. The lowest BCUT2D eigenvalue weighted by atomic mass is 10.1. The number of benzene rings is 1. The minimum atomic E-state index is -0.366. The van der Waals surface area contributed by atoms with Crippen molar-refractivity contribution in [3.8, 4) is 0 Å². The molecule has 3 aromatic rings. The summed E-state index contributed by atoms with van der Waals surface area (Å²) < 4.78 is 10.6. The highest BCUT2D eigenvalue weighted by Gasteiger charge is 2.21. The third-order valence-corrected chi connectivity index (χ3v) is 5.44. The molecule has 0 fully saturated rings. The smallest absolute Gasteiger partial charge is 0.348 e. The van der Waals surface area contributed by atoms with Gasteiger partial charge in [-0.3, -0.25) is 0 Å². The highest BCUT2D eigenvalue weighted by atomic mass is 32.1. The third-order valence-electron chi connectivity index (χ3n) is 4.26. The predicted molar refractivity (Wildman–Crippen MR) is 118 cm³/mol. The summed E-state index contributed by atoms with van der Waals surface area (Å²) in [5, 5.41) is 4.00. The van der Waals surface area contributed by atoms with E-state index in [0.717, 1.165) is 17.4 Å². The second kappa shape index (κ2) is 9.67. The molecule has 3 rings (SSSR count). The van der Waals surface area contributed by atoms with E-state index in [1.54, 1.807) is 18.2 Å². The number of nitrogens with one attached hydrogen (secondary N) is 1. The number of fused-ring (bicyclic) bond motifs is 1. The van der Waals surface area contributed by atoms with Crippen LogP contribution in [0, 0.1) is 12.8 Å². The zero-order valence-electron chi connectivity index (χ0n) is 17.5. The number of thiophene rings is 1. The van der Waals surface area contributed by atoms with Crippen molar-refractivity contribution in [1.82, 2.24) is 9.97 Å². The third kappa shape index (κ3) is 4.94. The number of carbonyl (C=O) groups is 2. The summed E-state index contributed by atoms with van der Waals surface area (Å²) in [5.74, 6) is 0.110. The molecule has 1 N–H and O–H groups in total. The zero-order chi connectivity index (χ0) is 21.7. The second-order valence-corrected chi connectivity index (χ2v) is 8.29. The van der Waals surface area contributed by atoms with E-state index >= 15 is 0 Å². The van der Waals surface area contributed by atoms with Crippen LogP contribution in [0.5, 0.6) is 0 Å². The quantitative estimate of drug-likeness (QED) is 0.499. The monoisotopic (exact) mass is 427 g/mol. The molecule has 0 aliphatic heterocycles. The Morgan fingerprint density at radius 2 is 1.97 bits per heavy atom. The SMILES string of the molecule is CCCOC(=O)c1cccc(Nc2ncnc3sc(C(=O)OCC(C)C)c(C)c23)c1. The average molecular weight is 428 g/mol. The van der Waals surface area contributed by atoms with Crippen molar-refractivity contribution in [2.75, 3.05) is 18.5 Å². The average Bonchev–Trinajstić information content (AvgIpc) is 3.08. The molecule has 0 aliphatic rings. The fourth-order valence-corrected chi connectivity index (χ4v) is 3.85. The predicted octanol–water partition coefficient (Wildman–Crippen LogP) is 5.12. The lowest BCUT2D eigenvalue weighted by Gasteiger charge is -2.09. The molecule has 30 heavy (non-hydrogen) atoms. The number of nitrogens with zero attached hydrogens (tertiary/aromatic N) is 2. The van der Waals surface area contributed by atoms with Gasteiger partial charge < -0.3 is 14.8 Å². The lowest BCUT2D eigenvalue weighted by Crippen LogP contribution is -2.09. The Labute approximate surface area is 179 Å². The number of carbonyl (C=O) groups excluding carboxylic acids is 2. The number of anilines is 2. The number of aryl methyl sites for hydroxylation is 1. The van der Waals surface area contributed by atoms with Gasteiger partial charge in [0, 0.05) is 5.69 Å². The van der Waals surface area contributed by atoms with E-state index in [2.05, 4.69) is 15.3 Å². The van der Waals surface area contributed by atoms with E-state index < -0.39 is 0 Å². The first-order chi connectivity index (χ1) is 14.4. The van der Waals surface area contributed by atoms with Crippen LogP contribution in [0.3, 0.4) is 0 Å². The van der Waals surface area contributed by atoms with Gasteiger partial charge in [-0.2, -0.15) is 0 Å². The maximum Gasteiger partial charge on any atom is 0.348 e. The number of ether oxygens (including phenoxy) is 2. The van der Waals surface area contributed by atoms with Gasteiger partial charge >= 0.3 is 11.9 Å². The van der Waals surface area contributed by atoms with E-state index in [1.807, 2.05) is 33.8 Å². The molecule has 0 amide bonds. The minimum Gasteiger partial charge on any atom is -0.462 e. The van der Waals surface area contributed by atoms with Gasteiger partial charge in [-0.25, -0.2) is 19.6 Å². The summed E-state index contributed by atoms with van der Waals surface area (Å²) in [7, 11) is 0. The molecule has 7 nitrogen and oxygen atoms in total. The van der Waals surface area contributed by atoms with Crippen LogP contribution in [0.2, 0.25) is 0 Å². The first-order valence-electron chi connectivity index (χ1n) is 9.86. The standard InChI is InChI=1S/C22H25N3O4S/c1-5-9-28-21(26)15-7-6-8-16(10-15)25-19-17-14(4)18(22(27)29-11-13(2)3)30-20(17)24-12-23-19/h6-8,10,12-13H,5,9,11H2,1-4H3,(H,23,24,25). The van der Waals surface area contributed by atoms with Crippen LogP contribution in [0.25, 0.3) is 10.2 Å². The number of rotatable bonds is 8. The minimum absolute atomic E-state index is 0.261. The summed E-state index contributed by atoms with van der Waals surface area (Å²) in [6.45, 7) is 8.53. The molecule has 8 heteroatoms. The number of esters is 2. The van der Waals surface area contributed by atoms with Crippen LogP contribution in [0.15, 0.2) is 30.6 Å². The Morgan fingerprint density at radius 3 is 2.70 bits per heavy atom. The van der Waals surface area contributed by atoms with Crippen molar-refractivity contribution in [3.05, 3.63) is 46.6 Å². The van der Waals surface area contributed by atoms with Gasteiger partial charge in [0.15, 0.2) is 0 Å². The first kappa shape index (κ1) is 21.7. The van der Waals surface area contributed by atoms with Gasteiger partial charge in [-0.05, 0) is 43.0 Å². The van der Waals surface area contributed by atoms with Gasteiger partial charge in [-0.1, -0.05) is 26.8 Å². The molecule has 1 aromatic carbocycles. The maximum absolute atomic E-state index is 12.5. The van der Waals surface area contributed by atoms with Gasteiger partial charge in [0.1, 0.15) is 21.9 Å². The lowest BCUT2D eigenvalue weighted by molar-refractivity contribution is 0.0462. The molecule has 0 saturated carbocycles. The topological polar surface area (TPSA) is 90.4 Å². The van der Waals surface area contributed by atoms with E-state index in [1.165, 1.54) is 17.7 Å². The fraction of sp³-hybridized carbons (Fsp3) is 0.364. The van der Waals surface area contributed by atoms with Gasteiger partial charge in [0.05, 0.1) is 24.2 Å². The van der Waals surface area contributed by atoms with Crippen molar-refractivity contribution in [2.45, 2.75) is 34.1 Å². The first-order valence-corrected chi connectivity index (χ1v) is 10.7. The molecule has 158 valence electrons. The number of hydrogen-bond acceptors (Lipinski definition) is 8. The van der Waals surface area contributed by atoms with E-state index in [4.69, 9.17) is 9.47 Å². The Balaban J connectivity index is 1.88. The van der Waals surface area contributed by atoms with Crippen LogP contribution in [-0.4, -0.2) is 35.1 Å². The van der Waals surface area contributed by atoms with Crippen LogP contribution in [-0.2, 0) is 9.47 Å². The number of aromatic nitrogens is 2. The molecule has 0 spiro atoms. The summed E-state index contributed by atoms with van der Waals surface area (Å²) in [4.78, 5) is 34.5. The molecule has 0 radical (unpaired) electrons. The van der Waals surface area contributed by atoms with Crippen molar-refractivity contribution in [1.29, 1.82) is 0 Å². The van der Waals surface area contributed by atoms with Crippen LogP contribution in [0.4, 0.5) is 11.5 Å². The summed E-state index contributed by atoms with van der Waals surface area (Å²) >= 11 is 1.29. The Morgan fingerprint density at radius 1 is 1.17 bits per heavy atom. The summed E-state index contributed by atoms with van der Waals surface area (Å²) in [6.07, 6.45) is 2.21. The molecular formula is C22H25N3O4S. The highest BCUT2D eigenvalue weighted by molar-refractivity contribution is 7.20. The van der Waals surface area contributed by atoms with Gasteiger partial charge in [-0.15, -0.1) is 11.3 Å². The number of hydrogen-bond donors (Lipinski definition) is 1. The van der Waals surface area contributed by atoms with Crippen molar-refractivity contribution < 1.29 is 19.1 Å². The molecule has 2 aromatic heterocycles. The van der Waals surface area contributed by atoms with Crippen LogP contribution < -0.4 is 5.32 Å². The second-order valence-electron chi connectivity index (χ2n) is 7.29. The molecular weight excluding hydrogens is 402 g/mol. The molecule has 0 atom stereocenters.